The standard InChI is InChI=1S/C13H12N4S/c14-17-9-10-3-1-2-4-12(10)13(16-17)18-11-5-7-15-8-6-11/h1-8H,9,14H2. The van der Waals surface area contributed by atoms with Gasteiger partial charge in [0.2, 0.25) is 0 Å². The van der Waals surface area contributed by atoms with Crippen molar-refractivity contribution in [2.24, 2.45) is 10.9 Å². The average molecular weight is 256 g/mol. The summed E-state index contributed by atoms with van der Waals surface area (Å²) >= 11 is 1.60. The topological polar surface area (TPSA) is 54.5 Å². The first-order valence-electron chi connectivity index (χ1n) is 5.60. The van der Waals surface area contributed by atoms with Crippen LogP contribution in [-0.4, -0.2) is 15.1 Å². The monoisotopic (exact) mass is 256 g/mol. The summed E-state index contributed by atoms with van der Waals surface area (Å²) in [6, 6.07) is 12.1. The van der Waals surface area contributed by atoms with Crippen LogP contribution in [-0.2, 0) is 6.54 Å². The van der Waals surface area contributed by atoms with Crippen molar-refractivity contribution < 1.29 is 0 Å². The van der Waals surface area contributed by atoms with E-state index in [0.717, 1.165) is 15.5 Å². The lowest BCUT2D eigenvalue weighted by Crippen LogP contribution is -2.30. The quantitative estimate of drug-likeness (QED) is 0.795. The molecule has 3 rings (SSSR count). The number of nitrogens with two attached hydrogens (primary N) is 1. The van der Waals surface area contributed by atoms with E-state index in [1.165, 1.54) is 10.7 Å². The zero-order valence-corrected chi connectivity index (χ0v) is 10.5. The Bertz CT molecular complexity index is 583. The molecule has 1 aliphatic rings. The molecule has 1 aromatic carbocycles. The molecule has 5 heteroatoms. The Balaban J connectivity index is 1.96. The lowest BCUT2D eigenvalue weighted by molar-refractivity contribution is 0.287. The van der Waals surface area contributed by atoms with Gasteiger partial charge in [-0.25, -0.2) is 11.0 Å². The van der Waals surface area contributed by atoms with Crippen molar-refractivity contribution in [1.29, 1.82) is 0 Å². The first-order valence-corrected chi connectivity index (χ1v) is 6.41. The minimum Gasteiger partial charge on any atom is -0.265 e. The van der Waals surface area contributed by atoms with Crippen molar-refractivity contribution in [3.8, 4) is 0 Å². The summed E-state index contributed by atoms with van der Waals surface area (Å²) in [6.45, 7) is 0.649. The van der Waals surface area contributed by atoms with E-state index in [9.17, 15) is 0 Å². The number of pyridine rings is 1. The Labute approximate surface area is 109 Å². The van der Waals surface area contributed by atoms with E-state index >= 15 is 0 Å². The summed E-state index contributed by atoms with van der Waals surface area (Å²) in [4.78, 5) is 5.11. The smallest absolute Gasteiger partial charge is 0.130 e. The van der Waals surface area contributed by atoms with Crippen LogP contribution in [0.1, 0.15) is 11.1 Å². The van der Waals surface area contributed by atoms with Crippen LogP contribution in [0.3, 0.4) is 0 Å². The maximum Gasteiger partial charge on any atom is 0.130 e. The van der Waals surface area contributed by atoms with Gasteiger partial charge < -0.3 is 0 Å². The number of thioether (sulfide) groups is 1. The van der Waals surface area contributed by atoms with Crippen molar-refractivity contribution in [2.75, 3.05) is 0 Å². The van der Waals surface area contributed by atoms with Gasteiger partial charge in [-0.1, -0.05) is 36.0 Å². The zero-order chi connectivity index (χ0) is 12.4. The largest absolute Gasteiger partial charge is 0.265 e. The molecule has 2 aromatic rings. The molecule has 0 fully saturated rings. The maximum atomic E-state index is 5.81. The Hall–Kier alpha value is -1.85. The van der Waals surface area contributed by atoms with E-state index < -0.39 is 0 Å². The number of aromatic nitrogens is 1. The predicted molar refractivity (Wildman–Crippen MR) is 72.8 cm³/mol. The van der Waals surface area contributed by atoms with Crippen molar-refractivity contribution in [1.82, 2.24) is 10.1 Å². The summed E-state index contributed by atoms with van der Waals surface area (Å²) < 4.78 is 0. The molecule has 0 saturated carbocycles. The zero-order valence-electron chi connectivity index (χ0n) is 9.65. The molecule has 1 aromatic heterocycles. The molecule has 1 aliphatic heterocycles. The Morgan fingerprint density at radius 1 is 1.11 bits per heavy atom. The summed E-state index contributed by atoms with van der Waals surface area (Å²) in [6.07, 6.45) is 3.55. The van der Waals surface area contributed by atoms with Crippen molar-refractivity contribution in [3.05, 3.63) is 59.9 Å². The van der Waals surface area contributed by atoms with Crippen LogP contribution in [0.5, 0.6) is 0 Å². The molecule has 0 radical (unpaired) electrons. The van der Waals surface area contributed by atoms with Gasteiger partial charge in [0.15, 0.2) is 0 Å². The molecule has 0 bridgehead atoms. The van der Waals surface area contributed by atoms with Crippen LogP contribution in [0.2, 0.25) is 0 Å². The van der Waals surface area contributed by atoms with Gasteiger partial charge in [0.25, 0.3) is 0 Å². The molecule has 0 unspecified atom stereocenters. The fourth-order valence-electron chi connectivity index (χ4n) is 1.84. The minimum absolute atomic E-state index is 0.649. The second kappa shape index (κ2) is 4.80. The first kappa shape index (κ1) is 11.3. The van der Waals surface area contributed by atoms with Gasteiger partial charge in [-0.3, -0.25) is 4.98 Å². The highest BCUT2D eigenvalue weighted by molar-refractivity contribution is 8.14. The first-order chi connectivity index (χ1) is 8.83. The van der Waals surface area contributed by atoms with Gasteiger partial charge in [-0.15, -0.1) is 0 Å². The van der Waals surface area contributed by atoms with E-state index in [0.29, 0.717) is 6.54 Å². The summed E-state index contributed by atoms with van der Waals surface area (Å²) in [5, 5.41) is 6.79. The molecule has 2 N–H and O–H groups in total. The van der Waals surface area contributed by atoms with E-state index in [4.69, 9.17) is 5.84 Å². The van der Waals surface area contributed by atoms with Crippen LogP contribution in [0.25, 0.3) is 0 Å². The number of hydrogen-bond acceptors (Lipinski definition) is 5. The highest BCUT2D eigenvalue weighted by atomic mass is 32.2. The van der Waals surface area contributed by atoms with Gasteiger partial charge in [-0.2, -0.15) is 5.10 Å². The molecule has 0 spiro atoms. The molecule has 0 amide bonds. The lowest BCUT2D eigenvalue weighted by atomic mass is 10.1. The Morgan fingerprint density at radius 2 is 1.89 bits per heavy atom. The molecule has 0 aliphatic carbocycles. The fourth-order valence-corrected chi connectivity index (χ4v) is 2.78. The Kier molecular flexibility index (Phi) is 3.00. The second-order valence-corrected chi connectivity index (χ2v) is 5.01. The molecular weight excluding hydrogens is 244 g/mol. The van der Waals surface area contributed by atoms with Crippen LogP contribution >= 0.6 is 11.8 Å². The number of rotatable bonds is 1. The summed E-state index contributed by atoms with van der Waals surface area (Å²) in [5.74, 6) is 5.81. The molecular formula is C13H12N4S. The summed E-state index contributed by atoms with van der Waals surface area (Å²) in [5.41, 5.74) is 2.35. The molecule has 0 atom stereocenters. The number of benzene rings is 1. The van der Waals surface area contributed by atoms with Gasteiger partial charge in [0, 0.05) is 22.9 Å². The number of nitrogens with zero attached hydrogens (tertiary/aromatic N) is 3. The van der Waals surface area contributed by atoms with Crippen molar-refractivity contribution in [2.45, 2.75) is 11.4 Å². The molecule has 18 heavy (non-hydrogen) atoms. The Morgan fingerprint density at radius 3 is 2.72 bits per heavy atom. The maximum absolute atomic E-state index is 5.81. The number of hydrazine groups is 1. The molecule has 90 valence electrons. The normalized spacial score (nSPS) is 14.1. The van der Waals surface area contributed by atoms with Crippen LogP contribution in [0.15, 0.2) is 58.8 Å². The fraction of sp³-hybridized carbons (Fsp3) is 0.0769. The van der Waals surface area contributed by atoms with Gasteiger partial charge in [0.05, 0.1) is 6.54 Å². The van der Waals surface area contributed by atoms with E-state index in [-0.39, 0.29) is 0 Å². The lowest BCUT2D eigenvalue weighted by Gasteiger charge is -2.22. The van der Waals surface area contributed by atoms with Gasteiger partial charge in [0.1, 0.15) is 5.04 Å². The van der Waals surface area contributed by atoms with Gasteiger partial charge >= 0.3 is 0 Å². The predicted octanol–water partition coefficient (Wildman–Crippen LogP) is 2.22. The number of hydrazone groups is 1. The highest BCUT2D eigenvalue weighted by Crippen LogP contribution is 2.28. The summed E-state index contributed by atoms with van der Waals surface area (Å²) in [7, 11) is 0. The molecule has 4 nitrogen and oxygen atoms in total. The van der Waals surface area contributed by atoms with Crippen LogP contribution in [0.4, 0.5) is 0 Å². The van der Waals surface area contributed by atoms with Gasteiger partial charge in [-0.05, 0) is 17.7 Å². The van der Waals surface area contributed by atoms with Crippen LogP contribution in [0, 0.1) is 0 Å². The molecule has 2 heterocycles. The van der Waals surface area contributed by atoms with Crippen molar-refractivity contribution >= 4 is 16.8 Å². The average Bonchev–Trinajstić information content (AvgIpc) is 2.40. The second-order valence-electron chi connectivity index (χ2n) is 3.94. The molecule has 0 saturated heterocycles. The van der Waals surface area contributed by atoms with E-state index in [1.54, 1.807) is 24.2 Å². The minimum atomic E-state index is 0.649. The number of hydrogen-bond donors (Lipinski definition) is 1. The third kappa shape index (κ3) is 2.23. The third-order valence-corrected chi connectivity index (χ3v) is 3.67. The highest BCUT2D eigenvalue weighted by Gasteiger charge is 2.17. The number of fused-ring (bicyclic) bond motifs is 1. The third-order valence-electron chi connectivity index (χ3n) is 2.66. The van der Waals surface area contributed by atoms with E-state index in [1.807, 2.05) is 24.3 Å². The SMILES string of the molecule is NN1Cc2ccccc2C(Sc2ccncc2)=N1. The van der Waals surface area contributed by atoms with E-state index in [2.05, 4.69) is 22.2 Å². The van der Waals surface area contributed by atoms with Crippen molar-refractivity contribution in [3.63, 3.8) is 0 Å². The van der Waals surface area contributed by atoms with Crippen LogP contribution < -0.4 is 5.84 Å².